The van der Waals surface area contributed by atoms with E-state index >= 15 is 0 Å². The average molecular weight is 572 g/mol. The van der Waals surface area contributed by atoms with E-state index in [0.717, 1.165) is 16.8 Å². The molecule has 0 radical (unpaired) electrons. The number of anilines is 2. The number of aliphatic hydroxyl groups excluding tert-OH is 1. The highest BCUT2D eigenvalue weighted by Crippen LogP contribution is 2.64. The maximum Gasteiger partial charge on any atom is 0.253 e. The summed E-state index contributed by atoms with van der Waals surface area (Å²) >= 11 is 0. The summed E-state index contributed by atoms with van der Waals surface area (Å²) in [7, 11) is 0. The molecule has 3 heterocycles. The van der Waals surface area contributed by atoms with Gasteiger partial charge in [-0.2, -0.15) is 0 Å². The largest absolute Gasteiger partial charge is 0.395 e. The fourth-order valence-corrected chi connectivity index (χ4v) is 7.54. The Morgan fingerprint density at radius 2 is 1.74 bits per heavy atom. The zero-order valence-corrected chi connectivity index (χ0v) is 24.8. The van der Waals surface area contributed by atoms with Crippen LogP contribution in [-0.2, 0) is 19.1 Å². The molecule has 3 fully saturated rings. The Balaban J connectivity index is 1.62. The van der Waals surface area contributed by atoms with E-state index in [0.29, 0.717) is 24.9 Å². The van der Waals surface area contributed by atoms with Gasteiger partial charge in [0.2, 0.25) is 11.8 Å². The summed E-state index contributed by atoms with van der Waals surface area (Å²) in [6.45, 7) is 13.8. The first-order valence-corrected chi connectivity index (χ1v) is 14.8. The first-order chi connectivity index (χ1) is 20.2. The lowest BCUT2D eigenvalue weighted by atomic mass is 9.64. The number of benzene rings is 2. The molecular weight excluding hydrogens is 530 g/mol. The third-order valence-electron chi connectivity index (χ3n) is 9.40. The number of likely N-dealkylation sites (tertiary alicyclic amines) is 1. The Kier molecular flexibility index (Phi) is 8.14. The van der Waals surface area contributed by atoms with E-state index in [1.807, 2.05) is 69.3 Å². The van der Waals surface area contributed by atoms with Gasteiger partial charge in [-0.25, -0.2) is 0 Å². The number of para-hydroxylation sites is 1. The molecule has 3 aliphatic heterocycles. The number of nitrogens with zero attached hydrogens (tertiary/aromatic N) is 3. The Hall–Kier alpha value is -3.75. The van der Waals surface area contributed by atoms with Gasteiger partial charge in [0.15, 0.2) is 0 Å². The van der Waals surface area contributed by atoms with Crippen LogP contribution in [0.1, 0.15) is 37.3 Å². The number of fused-ring (bicyclic) bond motifs is 1. The molecule has 42 heavy (non-hydrogen) atoms. The van der Waals surface area contributed by atoms with Crippen molar-refractivity contribution in [3.63, 3.8) is 0 Å². The Morgan fingerprint density at radius 3 is 2.38 bits per heavy atom. The fourth-order valence-electron chi connectivity index (χ4n) is 7.54. The van der Waals surface area contributed by atoms with Crippen LogP contribution < -0.4 is 9.80 Å². The molecule has 0 aromatic heterocycles. The predicted octanol–water partition coefficient (Wildman–Crippen LogP) is 4.19. The van der Waals surface area contributed by atoms with Gasteiger partial charge < -0.3 is 24.5 Å². The van der Waals surface area contributed by atoms with Crippen molar-refractivity contribution in [1.29, 1.82) is 0 Å². The number of amides is 3. The van der Waals surface area contributed by atoms with Gasteiger partial charge in [-0.15, -0.1) is 13.2 Å². The molecule has 1 spiro atoms. The molecule has 5 rings (SSSR count). The molecule has 2 aromatic rings. The molecule has 2 aromatic carbocycles. The van der Waals surface area contributed by atoms with Crippen LogP contribution in [-0.4, -0.2) is 71.2 Å². The number of aliphatic hydroxyl groups is 1. The summed E-state index contributed by atoms with van der Waals surface area (Å²) in [6, 6.07) is 14.3. The van der Waals surface area contributed by atoms with Gasteiger partial charge >= 0.3 is 0 Å². The molecule has 0 saturated carbocycles. The predicted molar refractivity (Wildman–Crippen MR) is 163 cm³/mol. The highest BCUT2D eigenvalue weighted by Gasteiger charge is 2.79. The zero-order chi connectivity index (χ0) is 30.2. The molecule has 0 aliphatic carbocycles. The van der Waals surface area contributed by atoms with Gasteiger partial charge in [0.05, 0.1) is 24.0 Å². The second-order valence-corrected chi connectivity index (χ2v) is 11.7. The lowest BCUT2D eigenvalue weighted by molar-refractivity contribution is -0.146. The highest BCUT2D eigenvalue weighted by molar-refractivity contribution is 6.07. The standard InChI is InChI=1S/C34H41N3O5/c1-6-18-35(25-12-10-9-11-13-25)30(39)27-28-31(40)37(20-21-38)29(34(28)17-16-33(27,8-3)42-34)32(41)36(19-7-2)26-22-23(4)14-15-24(26)5/h6-7,9-15,22,27-29,38H,1-2,8,16-21H2,3-5H3/t27-,28-,29?,33+,34?/m0/s1. The van der Waals surface area contributed by atoms with E-state index in [9.17, 15) is 19.5 Å². The average Bonchev–Trinajstić information content (AvgIpc) is 3.59. The smallest absolute Gasteiger partial charge is 0.253 e. The van der Waals surface area contributed by atoms with Crippen molar-refractivity contribution in [1.82, 2.24) is 4.90 Å². The van der Waals surface area contributed by atoms with Crippen molar-refractivity contribution in [2.45, 2.75) is 57.3 Å². The molecule has 1 N–H and O–H groups in total. The van der Waals surface area contributed by atoms with E-state index in [1.54, 1.807) is 22.0 Å². The number of aryl methyl sites for hydroxylation is 2. The lowest BCUT2D eigenvalue weighted by Crippen LogP contribution is -2.57. The number of ether oxygens (including phenoxy) is 1. The van der Waals surface area contributed by atoms with Crippen molar-refractivity contribution in [2.24, 2.45) is 11.8 Å². The minimum absolute atomic E-state index is 0.0271. The van der Waals surface area contributed by atoms with Crippen LogP contribution in [0.3, 0.4) is 0 Å². The van der Waals surface area contributed by atoms with Crippen LogP contribution in [0.4, 0.5) is 11.4 Å². The molecular formula is C34H41N3O5. The zero-order valence-electron chi connectivity index (χ0n) is 24.8. The first-order valence-electron chi connectivity index (χ1n) is 14.8. The summed E-state index contributed by atoms with van der Waals surface area (Å²) in [5.74, 6) is -2.45. The maximum absolute atomic E-state index is 14.7. The summed E-state index contributed by atoms with van der Waals surface area (Å²) in [5.41, 5.74) is 1.30. The van der Waals surface area contributed by atoms with Crippen molar-refractivity contribution < 1.29 is 24.2 Å². The van der Waals surface area contributed by atoms with Gasteiger partial charge in [-0.3, -0.25) is 14.4 Å². The molecule has 2 unspecified atom stereocenters. The lowest BCUT2D eigenvalue weighted by Gasteiger charge is -2.37. The molecule has 8 heteroatoms. The second-order valence-electron chi connectivity index (χ2n) is 11.7. The van der Waals surface area contributed by atoms with Crippen LogP contribution in [0.15, 0.2) is 73.8 Å². The molecule has 222 valence electrons. The number of rotatable bonds is 11. The van der Waals surface area contributed by atoms with E-state index < -0.39 is 29.1 Å². The van der Waals surface area contributed by atoms with Crippen LogP contribution in [0.2, 0.25) is 0 Å². The minimum Gasteiger partial charge on any atom is -0.395 e. The third kappa shape index (κ3) is 4.48. The van der Waals surface area contributed by atoms with Crippen LogP contribution in [0, 0.1) is 25.7 Å². The number of β-amino-alcohol motifs (C(OH)–C–C–N with tert-alkyl or cyclic N) is 1. The van der Waals surface area contributed by atoms with E-state index in [4.69, 9.17) is 4.74 Å². The monoisotopic (exact) mass is 571 g/mol. The Morgan fingerprint density at radius 1 is 1.05 bits per heavy atom. The quantitative estimate of drug-likeness (QED) is 0.409. The highest BCUT2D eigenvalue weighted by atomic mass is 16.5. The number of carbonyl (C=O) groups excluding carboxylic acids is 3. The minimum atomic E-state index is -1.19. The topological polar surface area (TPSA) is 90.4 Å². The van der Waals surface area contributed by atoms with Crippen LogP contribution >= 0.6 is 0 Å². The number of hydrogen-bond acceptors (Lipinski definition) is 5. The summed E-state index contributed by atoms with van der Waals surface area (Å²) in [6.07, 6.45) is 4.90. The molecule has 3 amide bonds. The Bertz CT molecular complexity index is 1390. The van der Waals surface area contributed by atoms with Crippen molar-refractivity contribution >= 4 is 29.1 Å². The van der Waals surface area contributed by atoms with Crippen LogP contribution in [0.5, 0.6) is 0 Å². The SMILES string of the molecule is C=CCN(C(=O)[C@@H]1[C@H]2C(=O)N(CCO)C(C(=O)N(CC=C)c3cc(C)ccc3C)C23CC[C@@]1(CC)O3)c1ccccc1. The van der Waals surface area contributed by atoms with E-state index in [1.165, 1.54) is 4.90 Å². The normalized spacial score (nSPS) is 27.6. The second kappa shape index (κ2) is 11.5. The van der Waals surface area contributed by atoms with Gasteiger partial charge in [-0.1, -0.05) is 49.4 Å². The van der Waals surface area contributed by atoms with E-state index in [-0.39, 0.29) is 44.0 Å². The maximum atomic E-state index is 14.7. The summed E-state index contributed by atoms with van der Waals surface area (Å²) in [4.78, 5) is 48.4. The number of hydrogen-bond donors (Lipinski definition) is 1. The molecule has 2 bridgehead atoms. The summed E-state index contributed by atoms with van der Waals surface area (Å²) < 4.78 is 6.93. The summed E-state index contributed by atoms with van der Waals surface area (Å²) in [5, 5.41) is 10.0. The molecule has 3 saturated heterocycles. The van der Waals surface area contributed by atoms with Crippen molar-refractivity contribution in [3.05, 3.63) is 85.0 Å². The molecule has 5 atom stereocenters. The van der Waals surface area contributed by atoms with Crippen LogP contribution in [0.25, 0.3) is 0 Å². The van der Waals surface area contributed by atoms with Gasteiger partial charge in [0.25, 0.3) is 5.91 Å². The molecule has 8 nitrogen and oxygen atoms in total. The van der Waals surface area contributed by atoms with Crippen molar-refractivity contribution in [2.75, 3.05) is 36.0 Å². The third-order valence-corrected chi connectivity index (χ3v) is 9.40. The number of carbonyl (C=O) groups is 3. The first kappa shape index (κ1) is 29.7. The van der Waals surface area contributed by atoms with Crippen molar-refractivity contribution in [3.8, 4) is 0 Å². The van der Waals surface area contributed by atoms with Gasteiger partial charge in [-0.05, 0) is 62.4 Å². The van der Waals surface area contributed by atoms with E-state index in [2.05, 4.69) is 13.2 Å². The van der Waals surface area contributed by atoms with Gasteiger partial charge in [0, 0.05) is 31.0 Å². The fraction of sp³-hybridized carbons (Fsp3) is 0.441. The van der Waals surface area contributed by atoms with Gasteiger partial charge in [0.1, 0.15) is 11.6 Å². The molecule has 3 aliphatic rings. The Labute approximate surface area is 248 Å².